The van der Waals surface area contributed by atoms with Gasteiger partial charge in [-0.25, -0.2) is 0 Å². The van der Waals surface area contributed by atoms with Gasteiger partial charge in [0.05, 0.1) is 6.67 Å². The molecule has 1 heterocycles. The van der Waals surface area contributed by atoms with Gasteiger partial charge in [-0.2, -0.15) is 0 Å². The molecule has 2 nitrogen and oxygen atoms in total. The van der Waals surface area contributed by atoms with Crippen molar-refractivity contribution in [1.29, 1.82) is 0 Å². The minimum Gasteiger partial charge on any atom is -0.293 e. The van der Waals surface area contributed by atoms with Crippen molar-refractivity contribution >= 4 is 24.2 Å². The molecule has 0 spiro atoms. The average molecular weight is 249 g/mol. The number of halogens is 1. The Morgan fingerprint density at radius 2 is 2.06 bits per heavy atom. The molecule has 1 aromatic carbocycles. The van der Waals surface area contributed by atoms with Gasteiger partial charge >= 0.3 is 0 Å². The highest BCUT2D eigenvalue weighted by atomic mass is 35.5. The largest absolute Gasteiger partial charge is 0.293 e. The molecule has 1 N–H and O–H groups in total. The van der Waals surface area contributed by atoms with Gasteiger partial charge in [0.15, 0.2) is 0 Å². The number of rotatable bonds is 2. The lowest BCUT2D eigenvalue weighted by molar-refractivity contribution is 0.848. The Labute approximate surface area is 108 Å². The maximum atomic E-state index is 4.45. The number of nitrogens with zero attached hydrogens (tertiary/aromatic N) is 1. The molecule has 0 radical (unpaired) electrons. The van der Waals surface area contributed by atoms with E-state index in [1.807, 2.05) is 0 Å². The molecule has 0 saturated heterocycles. The highest BCUT2D eigenvalue weighted by Gasteiger charge is 2.13. The topological polar surface area (TPSA) is 24.4 Å². The first-order valence-electron chi connectivity index (χ1n) is 5.92. The Bertz CT molecular complexity index is 463. The van der Waals surface area contributed by atoms with Crippen molar-refractivity contribution in [2.24, 2.45) is 4.99 Å². The summed E-state index contributed by atoms with van der Waals surface area (Å²) < 4.78 is 0. The van der Waals surface area contributed by atoms with Crippen molar-refractivity contribution in [3.8, 4) is 0 Å². The van der Waals surface area contributed by atoms with Crippen molar-refractivity contribution in [3.63, 3.8) is 0 Å². The molecule has 1 aliphatic heterocycles. The number of benzene rings is 1. The fourth-order valence-electron chi connectivity index (χ4n) is 2.43. The van der Waals surface area contributed by atoms with Crippen molar-refractivity contribution in [3.05, 3.63) is 41.0 Å². The highest BCUT2D eigenvalue weighted by molar-refractivity contribution is 5.90. The molecular weight excluding hydrogens is 232 g/mol. The molecule has 2 aliphatic rings. The summed E-state index contributed by atoms with van der Waals surface area (Å²) in [6, 6.07) is 8.69. The van der Waals surface area contributed by atoms with Crippen LogP contribution in [-0.4, -0.2) is 18.9 Å². The summed E-state index contributed by atoms with van der Waals surface area (Å²) in [4.78, 5) is 4.45. The number of nitrogens with one attached hydrogen (secondary N) is 1. The summed E-state index contributed by atoms with van der Waals surface area (Å²) in [6.07, 6.45) is 5.78. The Balaban J connectivity index is 0.00000108. The van der Waals surface area contributed by atoms with Crippen LogP contribution in [0.2, 0.25) is 0 Å². The van der Waals surface area contributed by atoms with Crippen LogP contribution in [0, 0.1) is 0 Å². The van der Waals surface area contributed by atoms with Gasteiger partial charge in [-0.1, -0.05) is 35.9 Å². The number of aliphatic imine (C=N–C) groups is 1. The van der Waals surface area contributed by atoms with E-state index in [9.17, 15) is 0 Å². The predicted octanol–water partition coefficient (Wildman–Crippen LogP) is 2.83. The van der Waals surface area contributed by atoms with Crippen LogP contribution in [0.1, 0.15) is 24.0 Å². The van der Waals surface area contributed by atoms with E-state index >= 15 is 0 Å². The van der Waals surface area contributed by atoms with Gasteiger partial charge in [-0.05, 0) is 24.0 Å². The summed E-state index contributed by atoms with van der Waals surface area (Å²) in [5, 5.41) is 3.25. The molecule has 0 unspecified atom stereocenters. The summed E-state index contributed by atoms with van der Waals surface area (Å²) in [5.74, 6) is 0. The summed E-state index contributed by atoms with van der Waals surface area (Å²) in [6.45, 7) is 1.78. The van der Waals surface area contributed by atoms with Crippen molar-refractivity contribution in [1.82, 2.24) is 5.32 Å². The molecular formula is C14H17ClN2. The van der Waals surface area contributed by atoms with Gasteiger partial charge in [0.25, 0.3) is 0 Å². The summed E-state index contributed by atoms with van der Waals surface area (Å²) in [7, 11) is 0. The van der Waals surface area contributed by atoms with Crippen molar-refractivity contribution in [2.45, 2.75) is 19.3 Å². The molecule has 0 atom stereocenters. The second kappa shape index (κ2) is 5.48. The number of aryl methyl sites for hydroxylation is 1. The lowest BCUT2D eigenvalue weighted by Crippen LogP contribution is -2.14. The summed E-state index contributed by atoms with van der Waals surface area (Å²) >= 11 is 0. The molecule has 0 bridgehead atoms. The van der Waals surface area contributed by atoms with E-state index in [1.165, 1.54) is 35.3 Å². The van der Waals surface area contributed by atoms with Gasteiger partial charge in [0.2, 0.25) is 0 Å². The lowest BCUT2D eigenvalue weighted by Gasteiger charge is -2.16. The third-order valence-corrected chi connectivity index (χ3v) is 3.30. The van der Waals surface area contributed by atoms with E-state index in [1.54, 1.807) is 0 Å². The zero-order valence-corrected chi connectivity index (χ0v) is 10.6. The van der Waals surface area contributed by atoms with Crippen LogP contribution < -0.4 is 5.32 Å². The van der Waals surface area contributed by atoms with Gasteiger partial charge in [0.1, 0.15) is 0 Å². The van der Waals surface area contributed by atoms with Crippen LogP contribution in [0.15, 0.2) is 34.8 Å². The number of hydrogen-bond acceptors (Lipinski definition) is 2. The summed E-state index contributed by atoms with van der Waals surface area (Å²) in [5.41, 5.74) is 5.72. The van der Waals surface area contributed by atoms with Crippen molar-refractivity contribution in [2.75, 3.05) is 13.2 Å². The van der Waals surface area contributed by atoms with Gasteiger partial charge < -0.3 is 0 Å². The molecule has 3 rings (SSSR count). The third kappa shape index (κ3) is 2.76. The van der Waals surface area contributed by atoms with E-state index in [-0.39, 0.29) is 12.4 Å². The monoisotopic (exact) mass is 248 g/mol. The normalized spacial score (nSPS) is 17.9. The van der Waals surface area contributed by atoms with Crippen LogP contribution in [0.5, 0.6) is 0 Å². The molecule has 17 heavy (non-hydrogen) atoms. The molecule has 3 heteroatoms. The lowest BCUT2D eigenvalue weighted by atomic mass is 9.90. The zero-order chi connectivity index (χ0) is 10.8. The molecule has 0 aromatic heterocycles. The average Bonchev–Trinajstić information content (AvgIpc) is 2.82. The van der Waals surface area contributed by atoms with Crippen LogP contribution >= 0.6 is 12.4 Å². The Morgan fingerprint density at radius 3 is 2.88 bits per heavy atom. The van der Waals surface area contributed by atoms with Crippen molar-refractivity contribution < 1.29 is 0 Å². The Hall–Kier alpha value is -1.12. The zero-order valence-electron chi connectivity index (χ0n) is 9.78. The van der Waals surface area contributed by atoms with E-state index in [0.717, 1.165) is 19.6 Å². The Morgan fingerprint density at radius 1 is 1.18 bits per heavy atom. The van der Waals surface area contributed by atoms with E-state index in [2.05, 4.69) is 40.7 Å². The van der Waals surface area contributed by atoms with Crippen LogP contribution in [-0.2, 0) is 6.42 Å². The molecule has 0 saturated carbocycles. The van der Waals surface area contributed by atoms with Gasteiger partial charge in [-0.15, -0.1) is 12.4 Å². The maximum absolute atomic E-state index is 4.45. The first-order chi connectivity index (χ1) is 7.92. The highest BCUT2D eigenvalue weighted by Crippen LogP contribution is 2.25. The minimum absolute atomic E-state index is 0. The predicted molar refractivity (Wildman–Crippen MR) is 74.9 cm³/mol. The SMILES string of the molecule is C1=C(CC2=NCNC2)CCc2ccccc21.Cl. The molecule has 1 aromatic rings. The Kier molecular flexibility index (Phi) is 3.97. The maximum Gasteiger partial charge on any atom is 0.0887 e. The van der Waals surface area contributed by atoms with Crippen LogP contribution in [0.25, 0.3) is 6.08 Å². The fourth-order valence-corrected chi connectivity index (χ4v) is 2.43. The van der Waals surface area contributed by atoms with Crippen LogP contribution in [0.3, 0.4) is 0 Å². The molecule has 0 fully saturated rings. The number of hydrogen-bond donors (Lipinski definition) is 1. The molecule has 1 aliphatic carbocycles. The van der Waals surface area contributed by atoms with E-state index in [0.29, 0.717) is 0 Å². The standard InChI is InChI=1S/C14H16N2.ClH/c1-2-4-13-7-11(5-6-12(13)3-1)8-14-9-15-10-16-14;/h1-4,7,15H,5-6,8-10H2;1H. The number of fused-ring (bicyclic) bond motifs is 1. The smallest absolute Gasteiger partial charge is 0.0887 e. The minimum atomic E-state index is 0. The number of allylic oxidation sites excluding steroid dienone is 1. The van der Waals surface area contributed by atoms with E-state index in [4.69, 9.17) is 0 Å². The molecule has 90 valence electrons. The van der Waals surface area contributed by atoms with Crippen LogP contribution in [0.4, 0.5) is 0 Å². The first kappa shape index (κ1) is 12.3. The second-order valence-corrected chi connectivity index (χ2v) is 4.49. The van der Waals surface area contributed by atoms with E-state index < -0.39 is 0 Å². The third-order valence-electron chi connectivity index (χ3n) is 3.30. The first-order valence-corrected chi connectivity index (χ1v) is 5.92. The molecule has 0 amide bonds. The fraction of sp³-hybridized carbons (Fsp3) is 0.357. The quantitative estimate of drug-likeness (QED) is 0.855. The van der Waals surface area contributed by atoms with Gasteiger partial charge in [0, 0.05) is 18.7 Å². The van der Waals surface area contributed by atoms with Gasteiger partial charge in [-0.3, -0.25) is 10.3 Å². The second-order valence-electron chi connectivity index (χ2n) is 4.49.